The lowest BCUT2D eigenvalue weighted by molar-refractivity contribution is -0.117. The Kier molecular flexibility index (Phi) is 4.62. The normalized spacial score (nSPS) is 18.1. The number of aryl methyl sites for hydroxylation is 1. The van der Waals surface area contributed by atoms with Crippen molar-refractivity contribution in [2.24, 2.45) is 7.05 Å². The van der Waals surface area contributed by atoms with E-state index in [9.17, 15) is 4.79 Å². The van der Waals surface area contributed by atoms with Gasteiger partial charge in [0.15, 0.2) is 5.82 Å². The SMILES string of the molecule is COc1ccccc1C1CCCN1CC(=O)Nc1ccn(C)n1. The van der Waals surface area contributed by atoms with E-state index in [2.05, 4.69) is 21.4 Å². The van der Waals surface area contributed by atoms with Crippen molar-refractivity contribution in [2.45, 2.75) is 18.9 Å². The van der Waals surface area contributed by atoms with Crippen molar-refractivity contribution in [3.63, 3.8) is 0 Å². The number of anilines is 1. The van der Waals surface area contributed by atoms with E-state index in [0.717, 1.165) is 30.7 Å². The number of hydrogen-bond donors (Lipinski definition) is 1. The average Bonchev–Trinajstić information content (AvgIpc) is 3.16. The predicted octanol–water partition coefficient (Wildman–Crippen LogP) is 2.20. The van der Waals surface area contributed by atoms with E-state index in [1.54, 1.807) is 17.9 Å². The molecule has 122 valence electrons. The fourth-order valence-electron chi connectivity index (χ4n) is 3.16. The zero-order valence-corrected chi connectivity index (χ0v) is 13.5. The Balaban J connectivity index is 1.68. The molecule has 6 nitrogen and oxygen atoms in total. The highest BCUT2D eigenvalue weighted by Crippen LogP contribution is 2.36. The van der Waals surface area contributed by atoms with Gasteiger partial charge in [-0.2, -0.15) is 5.10 Å². The van der Waals surface area contributed by atoms with Crippen LogP contribution < -0.4 is 10.1 Å². The first-order chi connectivity index (χ1) is 11.2. The third kappa shape index (κ3) is 3.53. The third-order valence-corrected chi connectivity index (χ3v) is 4.19. The van der Waals surface area contributed by atoms with Gasteiger partial charge in [0.2, 0.25) is 5.91 Å². The Hall–Kier alpha value is -2.34. The number of ether oxygens (including phenoxy) is 1. The maximum absolute atomic E-state index is 12.3. The summed E-state index contributed by atoms with van der Waals surface area (Å²) in [4.78, 5) is 14.5. The molecular weight excluding hydrogens is 292 g/mol. The van der Waals surface area contributed by atoms with E-state index in [1.165, 1.54) is 0 Å². The highest BCUT2D eigenvalue weighted by molar-refractivity contribution is 5.91. The number of nitrogens with one attached hydrogen (secondary N) is 1. The summed E-state index contributed by atoms with van der Waals surface area (Å²) in [7, 11) is 3.51. The second kappa shape index (κ2) is 6.83. The van der Waals surface area contributed by atoms with Crippen LogP contribution in [0.15, 0.2) is 36.5 Å². The van der Waals surface area contributed by atoms with Gasteiger partial charge in [0.25, 0.3) is 0 Å². The van der Waals surface area contributed by atoms with Crippen LogP contribution in [0.5, 0.6) is 5.75 Å². The molecule has 2 aromatic rings. The molecule has 0 bridgehead atoms. The van der Waals surface area contributed by atoms with E-state index in [-0.39, 0.29) is 11.9 Å². The summed E-state index contributed by atoms with van der Waals surface area (Å²) in [5.74, 6) is 1.44. The van der Waals surface area contributed by atoms with Crippen molar-refractivity contribution in [3.05, 3.63) is 42.1 Å². The van der Waals surface area contributed by atoms with Gasteiger partial charge in [-0.3, -0.25) is 14.4 Å². The number of rotatable bonds is 5. The van der Waals surface area contributed by atoms with Crippen LogP contribution in [-0.2, 0) is 11.8 Å². The van der Waals surface area contributed by atoms with Gasteiger partial charge in [-0.1, -0.05) is 18.2 Å². The molecule has 1 aliphatic heterocycles. The lowest BCUT2D eigenvalue weighted by Crippen LogP contribution is -2.33. The largest absolute Gasteiger partial charge is 0.496 e. The van der Waals surface area contributed by atoms with Crippen molar-refractivity contribution in [1.29, 1.82) is 0 Å². The monoisotopic (exact) mass is 314 g/mol. The predicted molar refractivity (Wildman–Crippen MR) is 88.4 cm³/mol. The molecule has 3 rings (SSSR count). The second-order valence-corrected chi connectivity index (χ2v) is 5.79. The van der Waals surface area contributed by atoms with Crippen LogP contribution in [-0.4, -0.2) is 40.8 Å². The molecule has 0 saturated carbocycles. The minimum absolute atomic E-state index is 0.0366. The van der Waals surface area contributed by atoms with Crippen LogP contribution in [0.25, 0.3) is 0 Å². The minimum atomic E-state index is -0.0366. The Morgan fingerprint density at radius 1 is 1.39 bits per heavy atom. The number of methoxy groups -OCH3 is 1. The Bertz CT molecular complexity index is 683. The number of benzene rings is 1. The first-order valence-corrected chi connectivity index (χ1v) is 7.84. The summed E-state index contributed by atoms with van der Waals surface area (Å²) in [6.07, 6.45) is 3.93. The van der Waals surface area contributed by atoms with Gasteiger partial charge in [-0.05, 0) is 25.5 Å². The summed E-state index contributed by atoms with van der Waals surface area (Å²) in [5.41, 5.74) is 1.15. The van der Waals surface area contributed by atoms with Gasteiger partial charge >= 0.3 is 0 Å². The highest BCUT2D eigenvalue weighted by atomic mass is 16.5. The van der Waals surface area contributed by atoms with E-state index in [4.69, 9.17) is 4.74 Å². The van der Waals surface area contributed by atoms with Crippen LogP contribution in [0.4, 0.5) is 5.82 Å². The van der Waals surface area contributed by atoms with Crippen LogP contribution in [0.1, 0.15) is 24.4 Å². The van der Waals surface area contributed by atoms with Crippen LogP contribution in [0, 0.1) is 0 Å². The van der Waals surface area contributed by atoms with E-state index in [0.29, 0.717) is 12.4 Å². The fourth-order valence-corrected chi connectivity index (χ4v) is 3.16. The molecule has 0 spiro atoms. The van der Waals surface area contributed by atoms with Crippen LogP contribution >= 0.6 is 0 Å². The third-order valence-electron chi connectivity index (χ3n) is 4.19. The topological polar surface area (TPSA) is 59.4 Å². The van der Waals surface area contributed by atoms with Gasteiger partial charge in [-0.15, -0.1) is 0 Å². The van der Waals surface area contributed by atoms with Crippen molar-refractivity contribution in [1.82, 2.24) is 14.7 Å². The zero-order valence-electron chi connectivity index (χ0n) is 13.5. The summed E-state index contributed by atoms with van der Waals surface area (Å²) in [6, 6.07) is 10.1. The molecule has 1 unspecified atom stereocenters. The molecule has 1 fully saturated rings. The number of aromatic nitrogens is 2. The quantitative estimate of drug-likeness (QED) is 0.919. The van der Waals surface area contributed by atoms with Crippen molar-refractivity contribution in [2.75, 3.05) is 25.5 Å². The molecule has 0 radical (unpaired) electrons. The summed E-state index contributed by atoms with van der Waals surface area (Å²) in [5, 5.41) is 7.02. The van der Waals surface area contributed by atoms with Gasteiger partial charge in [-0.25, -0.2) is 0 Å². The summed E-state index contributed by atoms with van der Waals surface area (Å²) in [6.45, 7) is 1.28. The maximum Gasteiger partial charge on any atom is 0.239 e. The maximum atomic E-state index is 12.3. The minimum Gasteiger partial charge on any atom is -0.496 e. The Labute approximate surface area is 136 Å². The Morgan fingerprint density at radius 3 is 2.96 bits per heavy atom. The number of amides is 1. The van der Waals surface area contributed by atoms with Gasteiger partial charge in [0.1, 0.15) is 5.75 Å². The first kappa shape index (κ1) is 15.6. The lowest BCUT2D eigenvalue weighted by Gasteiger charge is -2.25. The van der Waals surface area contributed by atoms with Crippen molar-refractivity contribution < 1.29 is 9.53 Å². The molecule has 0 aliphatic carbocycles. The number of carbonyl (C=O) groups excluding carboxylic acids is 1. The molecule has 1 aromatic heterocycles. The molecule has 1 aromatic carbocycles. The number of hydrogen-bond acceptors (Lipinski definition) is 4. The second-order valence-electron chi connectivity index (χ2n) is 5.79. The van der Waals surface area contributed by atoms with E-state index in [1.807, 2.05) is 31.4 Å². The number of nitrogens with zero attached hydrogens (tertiary/aromatic N) is 3. The van der Waals surface area contributed by atoms with Gasteiger partial charge in [0.05, 0.1) is 13.7 Å². The molecule has 1 saturated heterocycles. The molecular formula is C17H22N4O2. The molecule has 1 N–H and O–H groups in total. The lowest BCUT2D eigenvalue weighted by atomic mass is 10.0. The molecule has 23 heavy (non-hydrogen) atoms. The molecule has 1 amide bonds. The van der Waals surface area contributed by atoms with Gasteiger partial charge in [0, 0.05) is 30.9 Å². The summed E-state index contributed by atoms with van der Waals surface area (Å²) < 4.78 is 7.14. The number of carbonyl (C=O) groups is 1. The van der Waals surface area contributed by atoms with E-state index >= 15 is 0 Å². The average molecular weight is 314 g/mol. The fraction of sp³-hybridized carbons (Fsp3) is 0.412. The highest BCUT2D eigenvalue weighted by Gasteiger charge is 2.29. The summed E-state index contributed by atoms with van der Waals surface area (Å²) >= 11 is 0. The first-order valence-electron chi connectivity index (χ1n) is 7.84. The molecule has 2 heterocycles. The Morgan fingerprint density at radius 2 is 2.22 bits per heavy atom. The van der Waals surface area contributed by atoms with Crippen molar-refractivity contribution in [3.8, 4) is 5.75 Å². The number of likely N-dealkylation sites (tertiary alicyclic amines) is 1. The van der Waals surface area contributed by atoms with Crippen LogP contribution in [0.2, 0.25) is 0 Å². The van der Waals surface area contributed by atoms with Gasteiger partial charge < -0.3 is 10.1 Å². The standard InChI is InChI=1S/C17H22N4O2/c1-20-11-9-16(19-20)18-17(22)12-21-10-5-7-14(21)13-6-3-4-8-15(13)23-2/h3-4,6,8-9,11,14H,5,7,10,12H2,1-2H3,(H,18,19,22). The molecule has 1 aliphatic rings. The van der Waals surface area contributed by atoms with Crippen LogP contribution in [0.3, 0.4) is 0 Å². The van der Waals surface area contributed by atoms with Crippen molar-refractivity contribution >= 4 is 11.7 Å². The number of para-hydroxylation sites is 1. The molecule has 1 atom stereocenters. The zero-order chi connectivity index (χ0) is 16.2. The molecule has 6 heteroatoms. The van der Waals surface area contributed by atoms with E-state index < -0.39 is 0 Å². The smallest absolute Gasteiger partial charge is 0.239 e.